The highest BCUT2D eigenvalue weighted by molar-refractivity contribution is 9.10. The lowest BCUT2D eigenvalue weighted by molar-refractivity contribution is 0.0288. The van der Waals surface area contributed by atoms with Crippen molar-refractivity contribution in [2.24, 2.45) is 0 Å². The number of aliphatic hydroxyl groups is 2. The van der Waals surface area contributed by atoms with Gasteiger partial charge in [-0.3, -0.25) is 0 Å². The van der Waals surface area contributed by atoms with E-state index in [1.54, 1.807) is 19.1 Å². The summed E-state index contributed by atoms with van der Waals surface area (Å²) in [5, 5.41) is 18.2. The average Bonchev–Trinajstić information content (AvgIpc) is 2.35. The molecule has 0 saturated heterocycles. The lowest BCUT2D eigenvalue weighted by atomic mass is 10.1. The van der Waals surface area contributed by atoms with Gasteiger partial charge in [0.1, 0.15) is 5.76 Å². The predicted octanol–water partition coefficient (Wildman–Crippen LogP) is 1.33. The molecule has 0 bridgehead atoms. The molecule has 1 heterocycles. The Kier molecular flexibility index (Phi) is 3.31. The van der Waals surface area contributed by atoms with Gasteiger partial charge in [-0.15, -0.1) is 0 Å². The van der Waals surface area contributed by atoms with Crippen LogP contribution in [0.2, 0.25) is 0 Å². The summed E-state index contributed by atoms with van der Waals surface area (Å²) in [4.78, 5) is 0. The van der Waals surface area contributed by atoms with Gasteiger partial charge < -0.3 is 14.6 Å². The van der Waals surface area contributed by atoms with Gasteiger partial charge in [-0.1, -0.05) is 0 Å². The van der Waals surface area contributed by atoms with Crippen LogP contribution in [-0.4, -0.2) is 22.4 Å². The minimum Gasteiger partial charge on any atom is -0.454 e. The molecule has 0 fully saturated rings. The third-order valence-corrected chi connectivity index (χ3v) is 2.02. The van der Waals surface area contributed by atoms with Crippen LogP contribution in [0.1, 0.15) is 12.7 Å². The van der Waals surface area contributed by atoms with E-state index in [9.17, 15) is 5.11 Å². The van der Waals surface area contributed by atoms with E-state index >= 15 is 0 Å². The molecular formula is C8H11BrO3. The van der Waals surface area contributed by atoms with E-state index in [1.807, 2.05) is 0 Å². The summed E-state index contributed by atoms with van der Waals surface area (Å²) in [5.74, 6) is 0.662. The Morgan fingerprint density at radius 1 is 1.50 bits per heavy atom. The fraction of sp³-hybridized carbons (Fsp3) is 0.500. The molecule has 0 saturated carbocycles. The highest BCUT2D eigenvalue weighted by atomic mass is 79.9. The van der Waals surface area contributed by atoms with Crippen LogP contribution in [0.25, 0.3) is 0 Å². The van der Waals surface area contributed by atoms with Gasteiger partial charge in [-0.2, -0.15) is 0 Å². The molecule has 0 spiro atoms. The van der Waals surface area contributed by atoms with Gasteiger partial charge in [-0.25, -0.2) is 0 Å². The summed E-state index contributed by atoms with van der Waals surface area (Å²) in [6.07, 6.45) is -1.15. The van der Waals surface area contributed by atoms with Gasteiger partial charge in [-0.05, 0) is 35.0 Å². The SMILES string of the molecule is CC(O)C(O)Cc1ccc(Br)o1. The summed E-state index contributed by atoms with van der Waals surface area (Å²) in [5.41, 5.74) is 0. The van der Waals surface area contributed by atoms with Crippen molar-refractivity contribution < 1.29 is 14.6 Å². The zero-order valence-corrected chi connectivity index (χ0v) is 8.28. The van der Waals surface area contributed by atoms with Crippen LogP contribution in [0.4, 0.5) is 0 Å². The molecule has 4 heteroatoms. The molecule has 0 aliphatic heterocycles. The molecule has 68 valence electrons. The first-order valence-electron chi connectivity index (χ1n) is 3.70. The molecule has 2 atom stereocenters. The highest BCUT2D eigenvalue weighted by Crippen LogP contribution is 2.15. The molecule has 0 aliphatic rings. The molecule has 0 aromatic carbocycles. The van der Waals surface area contributed by atoms with Crippen molar-refractivity contribution in [2.45, 2.75) is 25.6 Å². The van der Waals surface area contributed by atoms with Crippen LogP contribution in [0.5, 0.6) is 0 Å². The Balaban J connectivity index is 2.52. The summed E-state index contributed by atoms with van der Waals surface area (Å²) in [6.45, 7) is 1.54. The first kappa shape index (κ1) is 9.77. The lowest BCUT2D eigenvalue weighted by Crippen LogP contribution is -2.24. The second-order valence-electron chi connectivity index (χ2n) is 2.72. The van der Waals surface area contributed by atoms with Crippen molar-refractivity contribution in [2.75, 3.05) is 0 Å². The largest absolute Gasteiger partial charge is 0.454 e. The molecule has 12 heavy (non-hydrogen) atoms. The van der Waals surface area contributed by atoms with Crippen molar-refractivity contribution >= 4 is 15.9 Å². The van der Waals surface area contributed by atoms with Crippen LogP contribution in [0.15, 0.2) is 21.2 Å². The molecule has 1 aromatic heterocycles. The fourth-order valence-electron chi connectivity index (χ4n) is 0.838. The standard InChI is InChI=1S/C8H11BrO3/c1-5(10)7(11)4-6-2-3-8(9)12-6/h2-3,5,7,10-11H,4H2,1H3. The molecule has 0 amide bonds. The maximum atomic E-state index is 9.26. The molecule has 2 N–H and O–H groups in total. The van der Waals surface area contributed by atoms with Crippen molar-refractivity contribution in [3.05, 3.63) is 22.6 Å². The number of halogens is 1. The van der Waals surface area contributed by atoms with Crippen LogP contribution in [0, 0.1) is 0 Å². The summed E-state index contributed by atoms with van der Waals surface area (Å²) in [7, 11) is 0. The average molecular weight is 235 g/mol. The van der Waals surface area contributed by atoms with Crippen molar-refractivity contribution in [3.8, 4) is 0 Å². The van der Waals surface area contributed by atoms with Crippen molar-refractivity contribution in [3.63, 3.8) is 0 Å². The predicted molar refractivity (Wildman–Crippen MR) is 47.8 cm³/mol. The molecule has 0 radical (unpaired) electrons. The van der Waals surface area contributed by atoms with Gasteiger partial charge in [0.25, 0.3) is 0 Å². The first-order chi connectivity index (χ1) is 5.59. The van der Waals surface area contributed by atoms with Gasteiger partial charge >= 0.3 is 0 Å². The topological polar surface area (TPSA) is 53.6 Å². The summed E-state index contributed by atoms with van der Waals surface area (Å²) < 4.78 is 5.78. The van der Waals surface area contributed by atoms with Crippen LogP contribution in [0.3, 0.4) is 0 Å². The molecule has 2 unspecified atom stereocenters. The van der Waals surface area contributed by atoms with Crippen molar-refractivity contribution in [1.82, 2.24) is 0 Å². The van der Waals surface area contributed by atoms with Gasteiger partial charge in [0.2, 0.25) is 0 Å². The van der Waals surface area contributed by atoms with Crippen LogP contribution < -0.4 is 0 Å². The zero-order valence-electron chi connectivity index (χ0n) is 6.70. The Morgan fingerprint density at radius 3 is 2.58 bits per heavy atom. The Bertz CT molecular complexity index is 244. The molecule has 0 aliphatic carbocycles. The van der Waals surface area contributed by atoms with Crippen LogP contribution >= 0.6 is 15.9 Å². The second kappa shape index (κ2) is 4.07. The maximum Gasteiger partial charge on any atom is 0.169 e. The number of hydrogen-bond donors (Lipinski definition) is 2. The summed E-state index contributed by atoms with van der Waals surface area (Å²) >= 11 is 3.15. The van der Waals surface area contributed by atoms with E-state index in [4.69, 9.17) is 9.52 Å². The normalized spacial score (nSPS) is 16.0. The number of furan rings is 1. The number of hydrogen-bond acceptors (Lipinski definition) is 3. The minimum absolute atomic E-state index is 0.337. The Labute approximate surface area is 79.1 Å². The molecular weight excluding hydrogens is 224 g/mol. The maximum absolute atomic E-state index is 9.26. The molecule has 1 rings (SSSR count). The first-order valence-corrected chi connectivity index (χ1v) is 4.49. The third-order valence-electron chi connectivity index (χ3n) is 1.60. The van der Waals surface area contributed by atoms with E-state index in [2.05, 4.69) is 15.9 Å². The van der Waals surface area contributed by atoms with Gasteiger partial charge in [0.05, 0.1) is 12.2 Å². The van der Waals surface area contributed by atoms with Crippen LogP contribution in [-0.2, 0) is 6.42 Å². The van der Waals surface area contributed by atoms with E-state index in [1.165, 1.54) is 0 Å². The number of rotatable bonds is 3. The van der Waals surface area contributed by atoms with Gasteiger partial charge in [0, 0.05) is 6.42 Å². The fourth-order valence-corrected chi connectivity index (χ4v) is 1.18. The molecule has 3 nitrogen and oxygen atoms in total. The van der Waals surface area contributed by atoms with E-state index in [0.29, 0.717) is 16.9 Å². The van der Waals surface area contributed by atoms with E-state index in [0.717, 1.165) is 0 Å². The third kappa shape index (κ3) is 2.62. The smallest absolute Gasteiger partial charge is 0.169 e. The van der Waals surface area contributed by atoms with Gasteiger partial charge in [0.15, 0.2) is 4.67 Å². The quantitative estimate of drug-likeness (QED) is 0.830. The second-order valence-corrected chi connectivity index (χ2v) is 3.50. The monoisotopic (exact) mass is 234 g/mol. The molecule has 1 aromatic rings. The number of aliphatic hydroxyl groups excluding tert-OH is 2. The minimum atomic E-state index is -0.761. The zero-order chi connectivity index (χ0) is 9.14. The summed E-state index contributed by atoms with van der Waals surface area (Å²) in [6, 6.07) is 3.51. The van der Waals surface area contributed by atoms with E-state index < -0.39 is 12.2 Å². The highest BCUT2D eigenvalue weighted by Gasteiger charge is 2.13. The lowest BCUT2D eigenvalue weighted by Gasteiger charge is -2.10. The Morgan fingerprint density at radius 2 is 2.17 bits per heavy atom. The van der Waals surface area contributed by atoms with Crippen molar-refractivity contribution in [1.29, 1.82) is 0 Å². The van der Waals surface area contributed by atoms with E-state index in [-0.39, 0.29) is 0 Å². The Hall–Kier alpha value is -0.320.